The summed E-state index contributed by atoms with van der Waals surface area (Å²) in [5.74, 6) is -0.102. The van der Waals surface area contributed by atoms with E-state index in [0.717, 1.165) is 31.2 Å². The molecule has 0 aromatic heterocycles. The lowest BCUT2D eigenvalue weighted by Crippen LogP contribution is -2.48. The van der Waals surface area contributed by atoms with Crippen LogP contribution in [0.2, 0.25) is 0 Å². The maximum atomic E-state index is 12.0. The molecular formula is C20H24N2O6. The Balaban J connectivity index is 1.43. The summed E-state index contributed by atoms with van der Waals surface area (Å²) in [5, 5.41) is 4.99. The van der Waals surface area contributed by atoms with Crippen LogP contribution < -0.4 is 20.1 Å². The number of fused-ring (bicyclic) bond motifs is 1. The van der Waals surface area contributed by atoms with Crippen molar-refractivity contribution in [1.29, 1.82) is 0 Å². The summed E-state index contributed by atoms with van der Waals surface area (Å²) < 4.78 is 15.5. The molecule has 3 amide bonds. The Bertz CT molecular complexity index is 770. The summed E-state index contributed by atoms with van der Waals surface area (Å²) >= 11 is 0. The molecule has 1 aliphatic heterocycles. The fourth-order valence-corrected chi connectivity index (χ4v) is 3.13. The highest BCUT2D eigenvalue weighted by Crippen LogP contribution is 2.32. The first-order valence-corrected chi connectivity index (χ1v) is 9.41. The molecule has 2 aliphatic rings. The van der Waals surface area contributed by atoms with Crippen LogP contribution in [0, 0.1) is 0 Å². The predicted octanol–water partition coefficient (Wildman–Crippen LogP) is 2.52. The fourth-order valence-electron chi connectivity index (χ4n) is 3.13. The molecule has 1 fully saturated rings. The third kappa shape index (κ3) is 5.48. The number of esters is 1. The highest BCUT2D eigenvalue weighted by molar-refractivity contribution is 5.98. The van der Waals surface area contributed by atoms with Gasteiger partial charge in [-0.25, -0.2) is 9.59 Å². The second-order valence-electron chi connectivity index (χ2n) is 6.82. The van der Waals surface area contributed by atoms with Gasteiger partial charge in [0.1, 0.15) is 0 Å². The van der Waals surface area contributed by atoms with Crippen molar-refractivity contribution in [1.82, 2.24) is 10.6 Å². The van der Waals surface area contributed by atoms with Gasteiger partial charge in [-0.15, -0.1) is 0 Å². The number of carbonyl (C=O) groups is 3. The van der Waals surface area contributed by atoms with Gasteiger partial charge >= 0.3 is 12.0 Å². The Morgan fingerprint density at radius 1 is 1.14 bits per heavy atom. The maximum absolute atomic E-state index is 12.0. The number of imide groups is 1. The number of ether oxygens (including phenoxy) is 3. The lowest BCUT2D eigenvalue weighted by atomic mass is 9.96. The molecule has 8 heteroatoms. The Kier molecular flexibility index (Phi) is 6.52. The normalized spacial score (nSPS) is 17.2. The van der Waals surface area contributed by atoms with Crippen LogP contribution in [0.15, 0.2) is 24.3 Å². The zero-order valence-electron chi connectivity index (χ0n) is 15.7. The van der Waals surface area contributed by atoms with Crippen molar-refractivity contribution >= 4 is 24.0 Å². The van der Waals surface area contributed by atoms with E-state index in [2.05, 4.69) is 10.6 Å². The number of hydrogen-bond donors (Lipinski definition) is 2. The number of benzene rings is 1. The zero-order chi connectivity index (χ0) is 19.9. The van der Waals surface area contributed by atoms with E-state index in [4.69, 9.17) is 14.2 Å². The fraction of sp³-hybridized carbons (Fsp3) is 0.450. The molecule has 1 atom stereocenters. The molecule has 0 radical (unpaired) electrons. The molecule has 0 saturated heterocycles. The van der Waals surface area contributed by atoms with Gasteiger partial charge in [-0.3, -0.25) is 10.1 Å². The minimum absolute atomic E-state index is 0.0871. The van der Waals surface area contributed by atoms with E-state index in [1.54, 1.807) is 24.3 Å². The minimum atomic E-state index is -1.09. The van der Waals surface area contributed by atoms with Crippen LogP contribution in [0.4, 0.5) is 4.79 Å². The van der Waals surface area contributed by atoms with Gasteiger partial charge in [-0.1, -0.05) is 25.3 Å². The van der Waals surface area contributed by atoms with E-state index in [1.165, 1.54) is 19.4 Å². The first-order chi connectivity index (χ1) is 13.5. The summed E-state index contributed by atoms with van der Waals surface area (Å²) in [6.07, 6.45) is 6.81. The second kappa shape index (κ2) is 9.25. The van der Waals surface area contributed by atoms with Crippen molar-refractivity contribution in [3.63, 3.8) is 0 Å². The summed E-state index contributed by atoms with van der Waals surface area (Å²) in [6, 6.07) is 4.77. The number of hydrogen-bond acceptors (Lipinski definition) is 6. The molecule has 1 aliphatic carbocycles. The average molecular weight is 388 g/mol. The smallest absolute Gasteiger partial charge is 0.331 e. The van der Waals surface area contributed by atoms with Crippen molar-refractivity contribution in [2.24, 2.45) is 0 Å². The van der Waals surface area contributed by atoms with E-state index < -0.39 is 24.0 Å². The van der Waals surface area contributed by atoms with Gasteiger partial charge < -0.3 is 19.5 Å². The average Bonchev–Trinajstić information content (AvgIpc) is 3.14. The summed E-state index contributed by atoms with van der Waals surface area (Å²) in [6.45, 7) is 1.58. The first-order valence-electron chi connectivity index (χ1n) is 9.41. The molecule has 150 valence electrons. The van der Waals surface area contributed by atoms with Crippen molar-refractivity contribution in [2.45, 2.75) is 51.2 Å². The zero-order valence-corrected chi connectivity index (χ0v) is 15.7. The minimum Gasteiger partial charge on any atom is -0.454 e. The van der Waals surface area contributed by atoms with Crippen molar-refractivity contribution in [2.75, 3.05) is 6.79 Å². The third-order valence-corrected chi connectivity index (χ3v) is 4.65. The highest BCUT2D eigenvalue weighted by Gasteiger charge is 2.21. The van der Waals surface area contributed by atoms with Gasteiger partial charge in [0.05, 0.1) is 0 Å². The molecule has 0 bridgehead atoms. The SMILES string of the molecule is C[C@H](OC(=O)/C=C/c1ccc2c(c1)OCO2)C(=O)NC(=O)NC1CCCCC1. The predicted molar refractivity (Wildman–Crippen MR) is 101 cm³/mol. The highest BCUT2D eigenvalue weighted by atomic mass is 16.7. The van der Waals surface area contributed by atoms with E-state index in [0.29, 0.717) is 11.5 Å². The van der Waals surface area contributed by atoms with E-state index >= 15 is 0 Å². The van der Waals surface area contributed by atoms with Gasteiger partial charge in [-0.05, 0) is 43.5 Å². The molecule has 0 spiro atoms. The number of amides is 3. The van der Waals surface area contributed by atoms with Gasteiger partial charge in [0.2, 0.25) is 6.79 Å². The molecule has 2 N–H and O–H groups in total. The molecule has 3 rings (SSSR count). The molecule has 1 aromatic rings. The van der Waals surface area contributed by atoms with Crippen LogP contribution >= 0.6 is 0 Å². The Morgan fingerprint density at radius 2 is 1.89 bits per heavy atom. The molecule has 1 heterocycles. The number of urea groups is 1. The lowest BCUT2D eigenvalue weighted by molar-refractivity contribution is -0.149. The van der Waals surface area contributed by atoms with Crippen molar-refractivity contribution < 1.29 is 28.6 Å². The summed E-state index contributed by atoms with van der Waals surface area (Å²) in [5.41, 5.74) is 0.727. The Hall–Kier alpha value is -3.03. The molecule has 1 saturated carbocycles. The van der Waals surface area contributed by atoms with E-state index in [-0.39, 0.29) is 12.8 Å². The first kappa shape index (κ1) is 19.7. The van der Waals surface area contributed by atoms with Crippen molar-refractivity contribution in [3.05, 3.63) is 29.8 Å². The molecule has 0 unspecified atom stereocenters. The van der Waals surface area contributed by atoms with Crippen molar-refractivity contribution in [3.8, 4) is 11.5 Å². The van der Waals surface area contributed by atoms with Crippen LogP contribution in [0.1, 0.15) is 44.6 Å². The monoisotopic (exact) mass is 388 g/mol. The molecular weight excluding hydrogens is 364 g/mol. The Labute approximate surface area is 163 Å². The largest absolute Gasteiger partial charge is 0.454 e. The van der Waals surface area contributed by atoms with Gasteiger partial charge in [0.15, 0.2) is 17.6 Å². The molecule has 28 heavy (non-hydrogen) atoms. The molecule has 8 nitrogen and oxygen atoms in total. The summed E-state index contributed by atoms with van der Waals surface area (Å²) in [7, 11) is 0. The van der Waals surface area contributed by atoms with Crippen LogP contribution in [0.25, 0.3) is 6.08 Å². The second-order valence-corrected chi connectivity index (χ2v) is 6.82. The van der Waals surface area contributed by atoms with Gasteiger partial charge in [0, 0.05) is 12.1 Å². The standard InChI is InChI=1S/C20H24N2O6/c1-13(19(24)22-20(25)21-15-5-3-2-4-6-15)28-18(23)10-8-14-7-9-16-17(11-14)27-12-26-16/h7-11,13,15H,2-6,12H2,1H3,(H2,21,22,24,25)/b10-8+/t13-/m0/s1. The quantitative estimate of drug-likeness (QED) is 0.593. The third-order valence-electron chi connectivity index (χ3n) is 4.65. The molecule has 1 aromatic carbocycles. The van der Waals surface area contributed by atoms with E-state index in [1.807, 2.05) is 0 Å². The maximum Gasteiger partial charge on any atom is 0.331 e. The van der Waals surface area contributed by atoms with Gasteiger partial charge in [0.25, 0.3) is 5.91 Å². The van der Waals surface area contributed by atoms with Gasteiger partial charge in [-0.2, -0.15) is 0 Å². The van der Waals surface area contributed by atoms with Crippen LogP contribution in [0.5, 0.6) is 11.5 Å². The summed E-state index contributed by atoms with van der Waals surface area (Å²) in [4.78, 5) is 35.8. The number of nitrogens with one attached hydrogen (secondary N) is 2. The lowest BCUT2D eigenvalue weighted by Gasteiger charge is -2.23. The number of carbonyl (C=O) groups excluding carboxylic acids is 3. The topological polar surface area (TPSA) is 103 Å². The number of rotatable bonds is 5. The van der Waals surface area contributed by atoms with Crippen LogP contribution in [-0.2, 0) is 14.3 Å². The Morgan fingerprint density at radius 3 is 2.68 bits per heavy atom. The van der Waals surface area contributed by atoms with Crippen LogP contribution in [0.3, 0.4) is 0 Å². The van der Waals surface area contributed by atoms with Crippen LogP contribution in [-0.4, -0.2) is 36.8 Å². The van der Waals surface area contributed by atoms with E-state index in [9.17, 15) is 14.4 Å².